The summed E-state index contributed by atoms with van der Waals surface area (Å²) in [7, 11) is 3.31. The van der Waals surface area contributed by atoms with E-state index in [4.69, 9.17) is 9.47 Å². The molecule has 3 nitrogen and oxygen atoms in total. The van der Waals surface area contributed by atoms with Crippen molar-refractivity contribution in [2.75, 3.05) is 14.2 Å². The van der Waals surface area contributed by atoms with E-state index in [1.807, 2.05) is 18.2 Å². The lowest BCUT2D eigenvalue weighted by Crippen LogP contribution is -1.97. The fourth-order valence-electron chi connectivity index (χ4n) is 0.986. The van der Waals surface area contributed by atoms with Crippen molar-refractivity contribution in [1.82, 2.24) is 4.98 Å². The molecule has 0 amide bonds. The zero-order valence-corrected chi connectivity index (χ0v) is 7.41. The summed E-state index contributed by atoms with van der Waals surface area (Å²) >= 11 is 0. The van der Waals surface area contributed by atoms with Gasteiger partial charge in [0.1, 0.15) is 0 Å². The molecule has 0 spiro atoms. The summed E-state index contributed by atoms with van der Waals surface area (Å²) in [6.45, 7) is 1.11. The maximum Gasteiger partial charge on any atom is 0.0884 e. The zero-order valence-electron chi connectivity index (χ0n) is 7.41. The van der Waals surface area contributed by atoms with Crippen molar-refractivity contribution in [2.45, 2.75) is 13.2 Å². The van der Waals surface area contributed by atoms with Crippen molar-refractivity contribution in [2.24, 2.45) is 0 Å². The van der Waals surface area contributed by atoms with Gasteiger partial charge in [-0.15, -0.1) is 0 Å². The molecule has 0 aromatic carbocycles. The first-order valence-electron chi connectivity index (χ1n) is 3.79. The summed E-state index contributed by atoms with van der Waals surface area (Å²) in [4.78, 5) is 4.30. The minimum atomic E-state index is 0.553. The molecule has 0 bridgehead atoms. The monoisotopic (exact) mass is 167 g/mol. The average Bonchev–Trinajstić information content (AvgIpc) is 2.06. The van der Waals surface area contributed by atoms with Crippen LogP contribution in [0.2, 0.25) is 0 Å². The quantitative estimate of drug-likeness (QED) is 0.678. The van der Waals surface area contributed by atoms with Crippen LogP contribution in [0.3, 0.4) is 0 Å². The summed E-state index contributed by atoms with van der Waals surface area (Å²) in [5.74, 6) is 0. The van der Waals surface area contributed by atoms with E-state index in [1.165, 1.54) is 0 Å². The van der Waals surface area contributed by atoms with E-state index < -0.39 is 0 Å². The normalized spacial score (nSPS) is 10.2. The van der Waals surface area contributed by atoms with E-state index >= 15 is 0 Å². The van der Waals surface area contributed by atoms with Gasteiger partial charge < -0.3 is 9.47 Å². The van der Waals surface area contributed by atoms with Gasteiger partial charge in [-0.05, 0) is 12.1 Å². The van der Waals surface area contributed by atoms with Crippen molar-refractivity contribution >= 4 is 0 Å². The Morgan fingerprint density at radius 3 is 2.00 bits per heavy atom. The Morgan fingerprint density at radius 1 is 1.08 bits per heavy atom. The van der Waals surface area contributed by atoms with Crippen LogP contribution in [0.5, 0.6) is 0 Å². The molecule has 0 aliphatic carbocycles. The molecule has 0 aliphatic rings. The topological polar surface area (TPSA) is 31.4 Å². The fraction of sp³-hybridized carbons (Fsp3) is 0.444. The Kier molecular flexibility index (Phi) is 3.70. The first kappa shape index (κ1) is 9.16. The molecule has 0 radical (unpaired) electrons. The van der Waals surface area contributed by atoms with Crippen molar-refractivity contribution < 1.29 is 9.47 Å². The Morgan fingerprint density at radius 2 is 1.58 bits per heavy atom. The number of ether oxygens (including phenoxy) is 2. The maximum atomic E-state index is 4.96. The SMILES string of the molecule is COCc1cccc(COC)n1. The largest absolute Gasteiger partial charge is 0.378 e. The van der Waals surface area contributed by atoms with Crippen molar-refractivity contribution in [3.8, 4) is 0 Å². The Hall–Kier alpha value is -0.930. The van der Waals surface area contributed by atoms with Crippen molar-refractivity contribution in [1.29, 1.82) is 0 Å². The lowest BCUT2D eigenvalue weighted by molar-refractivity contribution is 0.173. The Bertz CT molecular complexity index is 216. The van der Waals surface area contributed by atoms with Crippen LogP contribution in [-0.2, 0) is 22.7 Å². The summed E-state index contributed by atoms with van der Waals surface area (Å²) < 4.78 is 9.92. The maximum absolute atomic E-state index is 4.96. The van der Waals surface area contributed by atoms with Crippen LogP contribution in [0.15, 0.2) is 18.2 Å². The first-order chi connectivity index (χ1) is 5.86. The van der Waals surface area contributed by atoms with Gasteiger partial charge in [-0.1, -0.05) is 6.07 Å². The molecule has 12 heavy (non-hydrogen) atoms. The van der Waals surface area contributed by atoms with E-state index in [0.29, 0.717) is 13.2 Å². The Balaban J connectivity index is 2.67. The first-order valence-corrected chi connectivity index (χ1v) is 3.79. The average molecular weight is 167 g/mol. The molecule has 0 fully saturated rings. The lowest BCUT2D eigenvalue weighted by Gasteiger charge is -2.01. The van der Waals surface area contributed by atoms with Crippen LogP contribution in [0.1, 0.15) is 11.4 Å². The molecule has 1 aromatic rings. The second-order valence-corrected chi connectivity index (χ2v) is 2.49. The molecular formula is C9H13NO2. The molecule has 0 saturated carbocycles. The predicted octanol–water partition coefficient (Wildman–Crippen LogP) is 1.37. The van der Waals surface area contributed by atoms with Crippen molar-refractivity contribution in [3.63, 3.8) is 0 Å². The van der Waals surface area contributed by atoms with Crippen LogP contribution in [0, 0.1) is 0 Å². The van der Waals surface area contributed by atoms with Crippen LogP contribution in [0.4, 0.5) is 0 Å². The van der Waals surface area contributed by atoms with Crippen LogP contribution < -0.4 is 0 Å². The minimum absolute atomic E-state index is 0.553. The van der Waals surface area contributed by atoms with Gasteiger partial charge in [-0.2, -0.15) is 0 Å². The third-order valence-corrected chi connectivity index (χ3v) is 1.45. The molecule has 0 N–H and O–H groups in total. The van der Waals surface area contributed by atoms with E-state index in [-0.39, 0.29) is 0 Å². The van der Waals surface area contributed by atoms with Gasteiger partial charge in [0, 0.05) is 14.2 Å². The molecule has 0 aliphatic heterocycles. The standard InChI is InChI=1S/C9H13NO2/c1-11-6-8-4-3-5-9(10-8)7-12-2/h3-5H,6-7H2,1-2H3. The molecular weight excluding hydrogens is 154 g/mol. The molecule has 1 rings (SSSR count). The zero-order chi connectivity index (χ0) is 8.81. The molecule has 1 heterocycles. The predicted molar refractivity (Wildman–Crippen MR) is 45.7 cm³/mol. The summed E-state index contributed by atoms with van der Waals surface area (Å²) in [5.41, 5.74) is 1.87. The number of pyridine rings is 1. The number of hydrogen-bond donors (Lipinski definition) is 0. The minimum Gasteiger partial charge on any atom is -0.378 e. The molecule has 0 saturated heterocycles. The fourth-order valence-corrected chi connectivity index (χ4v) is 0.986. The Labute approximate surface area is 72.3 Å². The van der Waals surface area contributed by atoms with E-state index in [0.717, 1.165) is 11.4 Å². The van der Waals surface area contributed by atoms with E-state index in [9.17, 15) is 0 Å². The number of rotatable bonds is 4. The number of nitrogens with zero attached hydrogens (tertiary/aromatic N) is 1. The summed E-state index contributed by atoms with van der Waals surface area (Å²) in [6.07, 6.45) is 0. The highest BCUT2D eigenvalue weighted by Gasteiger charge is 1.95. The summed E-state index contributed by atoms with van der Waals surface area (Å²) in [5, 5.41) is 0. The van der Waals surface area contributed by atoms with Gasteiger partial charge in [0.2, 0.25) is 0 Å². The molecule has 1 aromatic heterocycles. The molecule has 66 valence electrons. The number of hydrogen-bond acceptors (Lipinski definition) is 3. The number of methoxy groups -OCH3 is 2. The molecule has 3 heteroatoms. The van der Waals surface area contributed by atoms with Crippen LogP contribution in [0.25, 0.3) is 0 Å². The second kappa shape index (κ2) is 4.85. The van der Waals surface area contributed by atoms with Crippen LogP contribution >= 0.6 is 0 Å². The van der Waals surface area contributed by atoms with Gasteiger partial charge in [-0.25, -0.2) is 0 Å². The van der Waals surface area contributed by atoms with Gasteiger partial charge >= 0.3 is 0 Å². The van der Waals surface area contributed by atoms with E-state index in [2.05, 4.69) is 4.98 Å². The highest BCUT2D eigenvalue weighted by atomic mass is 16.5. The third kappa shape index (κ3) is 2.60. The third-order valence-electron chi connectivity index (χ3n) is 1.45. The van der Waals surface area contributed by atoms with Gasteiger partial charge in [0.25, 0.3) is 0 Å². The van der Waals surface area contributed by atoms with Gasteiger partial charge in [-0.3, -0.25) is 4.98 Å². The second-order valence-electron chi connectivity index (χ2n) is 2.49. The molecule has 0 atom stereocenters. The summed E-state index contributed by atoms with van der Waals surface area (Å²) in [6, 6.07) is 5.82. The highest BCUT2D eigenvalue weighted by molar-refractivity contribution is 5.09. The smallest absolute Gasteiger partial charge is 0.0884 e. The number of aromatic nitrogens is 1. The van der Waals surface area contributed by atoms with Crippen molar-refractivity contribution in [3.05, 3.63) is 29.6 Å². The van der Waals surface area contributed by atoms with Gasteiger partial charge in [0.05, 0.1) is 24.6 Å². The molecule has 0 unspecified atom stereocenters. The van der Waals surface area contributed by atoms with E-state index in [1.54, 1.807) is 14.2 Å². The highest BCUT2D eigenvalue weighted by Crippen LogP contribution is 2.01. The lowest BCUT2D eigenvalue weighted by atomic mass is 10.3. The van der Waals surface area contributed by atoms with Gasteiger partial charge in [0.15, 0.2) is 0 Å². The van der Waals surface area contributed by atoms with Crippen LogP contribution in [-0.4, -0.2) is 19.2 Å².